The van der Waals surface area contributed by atoms with Crippen molar-refractivity contribution in [2.45, 2.75) is 19.4 Å². The van der Waals surface area contributed by atoms with Crippen LogP contribution in [-0.2, 0) is 0 Å². The quantitative estimate of drug-likeness (QED) is 0.544. The SMILES string of the molecule is CC[C@H](CO)NC(=O)c1ccc(Nc2ncc(-c3ccc(OC)cc3)cn2)cc1. The van der Waals surface area contributed by atoms with Gasteiger partial charge in [0.15, 0.2) is 0 Å². The number of methoxy groups -OCH3 is 1. The molecule has 0 saturated heterocycles. The molecule has 2 aromatic carbocycles. The monoisotopic (exact) mass is 392 g/mol. The van der Waals surface area contributed by atoms with Crippen LogP contribution in [0.3, 0.4) is 0 Å². The lowest BCUT2D eigenvalue weighted by Crippen LogP contribution is -2.36. The molecule has 7 heteroatoms. The molecule has 3 N–H and O–H groups in total. The molecular formula is C22H24N4O3. The van der Waals surface area contributed by atoms with Gasteiger partial charge in [0.05, 0.1) is 19.8 Å². The van der Waals surface area contributed by atoms with E-state index in [1.807, 2.05) is 31.2 Å². The third kappa shape index (κ3) is 5.30. The molecule has 0 bridgehead atoms. The number of hydrogen-bond acceptors (Lipinski definition) is 6. The highest BCUT2D eigenvalue weighted by Crippen LogP contribution is 2.22. The number of hydrogen-bond donors (Lipinski definition) is 3. The van der Waals surface area contributed by atoms with Gasteiger partial charge in [0.2, 0.25) is 5.95 Å². The lowest BCUT2D eigenvalue weighted by atomic mass is 10.1. The van der Waals surface area contributed by atoms with Crippen molar-refractivity contribution in [3.05, 3.63) is 66.5 Å². The number of aliphatic hydroxyl groups is 1. The molecule has 1 aromatic heterocycles. The topological polar surface area (TPSA) is 96.4 Å². The van der Waals surface area contributed by atoms with E-state index >= 15 is 0 Å². The van der Waals surface area contributed by atoms with Gasteiger partial charge < -0.3 is 20.5 Å². The standard InChI is InChI=1S/C22H24N4O3/c1-3-18(14-27)25-21(28)16-4-8-19(9-5-16)26-22-23-12-17(13-24-22)15-6-10-20(29-2)11-7-15/h4-13,18,27H,3,14H2,1-2H3,(H,25,28)(H,23,24,26)/t18-/m1/s1. The average Bonchev–Trinajstić information content (AvgIpc) is 2.78. The van der Waals surface area contributed by atoms with Gasteiger partial charge in [-0.05, 0) is 48.4 Å². The van der Waals surface area contributed by atoms with Gasteiger partial charge in [-0.25, -0.2) is 9.97 Å². The van der Waals surface area contributed by atoms with Crippen molar-refractivity contribution < 1.29 is 14.6 Å². The molecule has 3 rings (SSSR count). The molecule has 0 aliphatic carbocycles. The second-order valence-electron chi connectivity index (χ2n) is 6.49. The third-order valence-electron chi connectivity index (χ3n) is 4.53. The van der Waals surface area contributed by atoms with Gasteiger partial charge in [-0.2, -0.15) is 0 Å². The normalized spacial score (nSPS) is 11.6. The number of carbonyl (C=O) groups excluding carboxylic acids is 1. The molecule has 1 amide bonds. The zero-order valence-electron chi connectivity index (χ0n) is 16.4. The Kier molecular flexibility index (Phi) is 6.76. The maximum atomic E-state index is 12.2. The number of aliphatic hydroxyl groups excluding tert-OH is 1. The van der Waals surface area contributed by atoms with Crippen LogP contribution < -0.4 is 15.4 Å². The van der Waals surface area contributed by atoms with Crippen LogP contribution in [0.4, 0.5) is 11.6 Å². The van der Waals surface area contributed by atoms with Crippen LogP contribution in [0.5, 0.6) is 5.75 Å². The van der Waals surface area contributed by atoms with E-state index in [-0.39, 0.29) is 18.6 Å². The largest absolute Gasteiger partial charge is 0.497 e. The zero-order chi connectivity index (χ0) is 20.6. The minimum atomic E-state index is -0.238. The fraction of sp³-hybridized carbons (Fsp3) is 0.227. The predicted octanol–water partition coefficient (Wildman–Crippen LogP) is 3.40. The Morgan fingerprint density at radius 2 is 1.69 bits per heavy atom. The molecule has 0 spiro atoms. The fourth-order valence-corrected chi connectivity index (χ4v) is 2.70. The molecule has 0 radical (unpaired) electrons. The van der Waals surface area contributed by atoms with Gasteiger partial charge in [0.1, 0.15) is 5.75 Å². The van der Waals surface area contributed by atoms with Crippen molar-refractivity contribution in [2.24, 2.45) is 0 Å². The van der Waals surface area contributed by atoms with E-state index in [1.165, 1.54) is 0 Å². The summed E-state index contributed by atoms with van der Waals surface area (Å²) in [5.74, 6) is 1.05. The third-order valence-corrected chi connectivity index (χ3v) is 4.53. The summed E-state index contributed by atoms with van der Waals surface area (Å²) in [6.45, 7) is 1.83. The summed E-state index contributed by atoms with van der Waals surface area (Å²) in [6.07, 6.45) is 4.17. The number of amides is 1. The van der Waals surface area contributed by atoms with Crippen LogP contribution in [-0.4, -0.2) is 40.7 Å². The van der Waals surface area contributed by atoms with Crippen molar-refractivity contribution in [1.82, 2.24) is 15.3 Å². The Labute approximate surface area is 169 Å². The molecule has 0 aliphatic rings. The first-order chi connectivity index (χ1) is 14.1. The van der Waals surface area contributed by atoms with Crippen LogP contribution >= 0.6 is 0 Å². The lowest BCUT2D eigenvalue weighted by molar-refractivity contribution is 0.0915. The summed E-state index contributed by atoms with van der Waals surface area (Å²) in [7, 11) is 1.63. The Hall–Kier alpha value is -3.45. The van der Waals surface area contributed by atoms with Gasteiger partial charge in [-0.3, -0.25) is 4.79 Å². The molecule has 0 fully saturated rings. The summed E-state index contributed by atoms with van der Waals surface area (Å²) in [6, 6.07) is 14.5. The van der Waals surface area contributed by atoms with E-state index in [0.717, 1.165) is 22.6 Å². The van der Waals surface area contributed by atoms with Crippen LogP contribution in [0, 0.1) is 0 Å². The van der Waals surface area contributed by atoms with Crippen LogP contribution in [0.2, 0.25) is 0 Å². The lowest BCUT2D eigenvalue weighted by Gasteiger charge is -2.14. The Morgan fingerprint density at radius 3 is 2.24 bits per heavy atom. The number of anilines is 2. The highest BCUT2D eigenvalue weighted by atomic mass is 16.5. The van der Waals surface area contributed by atoms with Crippen molar-refractivity contribution in [3.8, 4) is 16.9 Å². The number of aromatic nitrogens is 2. The van der Waals surface area contributed by atoms with Crippen LogP contribution in [0.15, 0.2) is 60.9 Å². The van der Waals surface area contributed by atoms with E-state index in [2.05, 4.69) is 20.6 Å². The van der Waals surface area contributed by atoms with E-state index < -0.39 is 0 Å². The Morgan fingerprint density at radius 1 is 1.03 bits per heavy atom. The van der Waals surface area contributed by atoms with Crippen LogP contribution in [0.1, 0.15) is 23.7 Å². The highest BCUT2D eigenvalue weighted by Gasteiger charge is 2.11. The van der Waals surface area contributed by atoms with E-state index in [4.69, 9.17) is 4.74 Å². The van der Waals surface area contributed by atoms with Crippen LogP contribution in [0.25, 0.3) is 11.1 Å². The summed E-state index contributed by atoms with van der Waals surface area (Å²) < 4.78 is 5.17. The molecule has 1 atom stereocenters. The summed E-state index contributed by atoms with van der Waals surface area (Å²) in [5.41, 5.74) is 3.20. The van der Waals surface area contributed by atoms with Gasteiger partial charge in [-0.1, -0.05) is 19.1 Å². The van der Waals surface area contributed by atoms with Gasteiger partial charge >= 0.3 is 0 Å². The van der Waals surface area contributed by atoms with Crippen molar-refractivity contribution >= 4 is 17.5 Å². The first-order valence-electron chi connectivity index (χ1n) is 9.38. The number of benzene rings is 2. The fourth-order valence-electron chi connectivity index (χ4n) is 2.70. The predicted molar refractivity (Wildman–Crippen MR) is 112 cm³/mol. The molecule has 1 heterocycles. The highest BCUT2D eigenvalue weighted by molar-refractivity contribution is 5.94. The molecule has 29 heavy (non-hydrogen) atoms. The maximum Gasteiger partial charge on any atom is 0.251 e. The van der Waals surface area contributed by atoms with Crippen molar-refractivity contribution in [3.63, 3.8) is 0 Å². The molecule has 0 saturated carbocycles. The smallest absolute Gasteiger partial charge is 0.251 e. The molecule has 7 nitrogen and oxygen atoms in total. The number of rotatable bonds is 8. The van der Waals surface area contributed by atoms with Crippen molar-refractivity contribution in [2.75, 3.05) is 19.0 Å². The number of nitrogens with one attached hydrogen (secondary N) is 2. The Balaban J connectivity index is 1.63. The van der Waals surface area contributed by atoms with Gasteiger partial charge in [0.25, 0.3) is 5.91 Å². The van der Waals surface area contributed by atoms with Gasteiger partial charge in [-0.15, -0.1) is 0 Å². The number of nitrogens with zero attached hydrogens (tertiary/aromatic N) is 2. The minimum absolute atomic E-state index is 0.0776. The molecule has 0 unspecified atom stereocenters. The molecule has 0 aliphatic heterocycles. The first kappa shape index (κ1) is 20.3. The molecule has 150 valence electrons. The molecular weight excluding hydrogens is 368 g/mol. The number of carbonyl (C=O) groups is 1. The zero-order valence-corrected chi connectivity index (χ0v) is 16.4. The minimum Gasteiger partial charge on any atom is -0.497 e. The summed E-state index contributed by atoms with van der Waals surface area (Å²) >= 11 is 0. The maximum absolute atomic E-state index is 12.2. The summed E-state index contributed by atoms with van der Waals surface area (Å²) in [4.78, 5) is 20.9. The van der Waals surface area contributed by atoms with Crippen molar-refractivity contribution in [1.29, 1.82) is 0 Å². The van der Waals surface area contributed by atoms with Gasteiger partial charge in [0, 0.05) is 29.2 Å². The van der Waals surface area contributed by atoms with E-state index in [0.29, 0.717) is 17.9 Å². The first-order valence-corrected chi connectivity index (χ1v) is 9.38. The number of ether oxygens (including phenoxy) is 1. The van der Waals surface area contributed by atoms with E-state index in [9.17, 15) is 9.90 Å². The molecule has 3 aromatic rings. The average molecular weight is 392 g/mol. The summed E-state index contributed by atoms with van der Waals surface area (Å²) in [5, 5.41) is 15.1. The second kappa shape index (κ2) is 9.66. The van der Waals surface area contributed by atoms with E-state index in [1.54, 1.807) is 43.8 Å². The second-order valence-corrected chi connectivity index (χ2v) is 6.49. The Bertz CT molecular complexity index is 922.